The maximum Gasteiger partial charge on any atom is 0.145 e. The van der Waals surface area contributed by atoms with Gasteiger partial charge in [-0.25, -0.2) is 13.8 Å². The molecule has 7 heteroatoms. The van der Waals surface area contributed by atoms with Gasteiger partial charge in [0.25, 0.3) is 0 Å². The topological polar surface area (TPSA) is 82.1 Å². The van der Waals surface area contributed by atoms with Crippen LogP contribution in [0.4, 0.5) is 8.78 Å². The standard InChI is InChI=1S/C23H23F2N3O2/c1-15-12-18(25)6-7-19(15)20(16-2-4-17(24)5-3-16)8-10-28-11-9-27-23(28)13-21(29)22(30)14-26/h2-7,9,11-14,20,22,26,29-30H,8,10H2,1H3/b21-13-,26-14?/t20-,22?/m0/s1. The molecule has 0 spiro atoms. The van der Waals surface area contributed by atoms with Crippen LogP contribution in [0.15, 0.2) is 60.6 Å². The summed E-state index contributed by atoms with van der Waals surface area (Å²) in [6.45, 7) is 2.36. The first-order valence-corrected chi connectivity index (χ1v) is 9.51. The van der Waals surface area contributed by atoms with Gasteiger partial charge in [0.2, 0.25) is 0 Å². The van der Waals surface area contributed by atoms with Gasteiger partial charge in [0.15, 0.2) is 0 Å². The normalized spacial score (nSPS) is 13.8. The smallest absolute Gasteiger partial charge is 0.145 e. The van der Waals surface area contributed by atoms with Gasteiger partial charge in [-0.05, 0) is 54.3 Å². The fourth-order valence-corrected chi connectivity index (χ4v) is 3.45. The van der Waals surface area contributed by atoms with E-state index >= 15 is 0 Å². The Bertz CT molecular complexity index is 1040. The highest BCUT2D eigenvalue weighted by Gasteiger charge is 2.18. The Hall–Kier alpha value is -3.32. The average Bonchev–Trinajstić information content (AvgIpc) is 3.16. The molecule has 0 aliphatic carbocycles. The maximum atomic E-state index is 13.6. The van der Waals surface area contributed by atoms with Gasteiger partial charge >= 0.3 is 0 Å². The van der Waals surface area contributed by atoms with Crippen LogP contribution in [0.3, 0.4) is 0 Å². The van der Waals surface area contributed by atoms with Gasteiger partial charge in [0.05, 0.1) is 0 Å². The molecule has 0 amide bonds. The van der Waals surface area contributed by atoms with Crippen LogP contribution in [0, 0.1) is 24.0 Å². The number of aromatic nitrogens is 2. The molecule has 3 rings (SSSR count). The number of hydrogen-bond donors (Lipinski definition) is 3. The van der Waals surface area contributed by atoms with Crippen molar-refractivity contribution in [2.24, 2.45) is 0 Å². The Kier molecular flexibility index (Phi) is 6.74. The fraction of sp³-hybridized carbons (Fsp3) is 0.217. The minimum atomic E-state index is -1.39. The van der Waals surface area contributed by atoms with E-state index in [1.165, 1.54) is 30.3 Å². The van der Waals surface area contributed by atoms with Gasteiger partial charge in [-0.1, -0.05) is 18.2 Å². The van der Waals surface area contributed by atoms with Gasteiger partial charge in [-0.3, -0.25) is 0 Å². The largest absolute Gasteiger partial charge is 0.509 e. The van der Waals surface area contributed by atoms with Crippen LogP contribution in [0.1, 0.15) is 34.9 Å². The molecule has 0 radical (unpaired) electrons. The van der Waals surface area contributed by atoms with E-state index in [1.54, 1.807) is 30.6 Å². The summed E-state index contributed by atoms with van der Waals surface area (Å²) in [6, 6.07) is 10.9. The maximum absolute atomic E-state index is 13.6. The average molecular weight is 411 g/mol. The van der Waals surface area contributed by atoms with E-state index in [0.29, 0.717) is 18.8 Å². The van der Waals surface area contributed by atoms with E-state index in [9.17, 15) is 19.0 Å². The van der Waals surface area contributed by atoms with E-state index < -0.39 is 6.10 Å². The van der Waals surface area contributed by atoms with Crippen molar-refractivity contribution in [3.8, 4) is 0 Å². The van der Waals surface area contributed by atoms with Gasteiger partial charge < -0.3 is 20.2 Å². The van der Waals surface area contributed by atoms with Crippen molar-refractivity contribution in [2.75, 3.05) is 0 Å². The number of imidazole rings is 1. The molecule has 2 atom stereocenters. The van der Waals surface area contributed by atoms with Crippen molar-refractivity contribution in [1.29, 1.82) is 5.41 Å². The Balaban J connectivity index is 1.89. The lowest BCUT2D eigenvalue weighted by molar-refractivity contribution is 0.214. The number of rotatable bonds is 8. The molecular weight excluding hydrogens is 388 g/mol. The molecule has 5 nitrogen and oxygen atoms in total. The summed E-state index contributed by atoms with van der Waals surface area (Å²) in [4.78, 5) is 4.18. The summed E-state index contributed by atoms with van der Waals surface area (Å²) in [6.07, 6.45) is 4.58. The highest BCUT2D eigenvalue weighted by molar-refractivity contribution is 5.66. The first kappa shape index (κ1) is 21.4. The number of benzene rings is 2. The molecular formula is C23H23F2N3O2. The molecule has 0 saturated carbocycles. The third-order valence-electron chi connectivity index (χ3n) is 5.02. The number of aliphatic hydroxyl groups excluding tert-OH is 2. The number of hydrogen-bond acceptors (Lipinski definition) is 4. The van der Waals surface area contributed by atoms with Gasteiger partial charge in [-0.15, -0.1) is 0 Å². The van der Waals surface area contributed by atoms with Crippen molar-refractivity contribution in [3.63, 3.8) is 0 Å². The zero-order chi connectivity index (χ0) is 21.7. The molecule has 1 heterocycles. The van der Waals surface area contributed by atoms with Crippen LogP contribution >= 0.6 is 0 Å². The van der Waals surface area contributed by atoms with Crippen molar-refractivity contribution in [1.82, 2.24) is 9.55 Å². The van der Waals surface area contributed by atoms with Crippen molar-refractivity contribution >= 4 is 12.3 Å². The molecule has 2 aromatic carbocycles. The van der Waals surface area contributed by atoms with E-state index in [0.717, 1.165) is 22.9 Å². The monoisotopic (exact) mass is 411 g/mol. The van der Waals surface area contributed by atoms with Crippen molar-refractivity contribution < 1.29 is 19.0 Å². The van der Waals surface area contributed by atoms with Gasteiger partial charge in [0.1, 0.15) is 29.3 Å². The number of nitrogens with one attached hydrogen (secondary N) is 1. The predicted octanol–water partition coefficient (Wildman–Crippen LogP) is 4.60. The molecule has 0 bridgehead atoms. The minimum Gasteiger partial charge on any atom is -0.509 e. The molecule has 156 valence electrons. The summed E-state index contributed by atoms with van der Waals surface area (Å²) in [5, 5.41) is 26.5. The molecule has 0 saturated heterocycles. The van der Waals surface area contributed by atoms with E-state index in [1.807, 2.05) is 11.5 Å². The molecule has 3 aromatic rings. The highest BCUT2D eigenvalue weighted by atomic mass is 19.1. The molecule has 30 heavy (non-hydrogen) atoms. The molecule has 0 aliphatic heterocycles. The summed E-state index contributed by atoms with van der Waals surface area (Å²) in [7, 11) is 0. The van der Waals surface area contributed by atoms with Crippen LogP contribution in [0.25, 0.3) is 6.08 Å². The highest BCUT2D eigenvalue weighted by Crippen LogP contribution is 2.31. The van der Waals surface area contributed by atoms with Crippen LogP contribution in [-0.2, 0) is 6.54 Å². The lowest BCUT2D eigenvalue weighted by Crippen LogP contribution is -2.12. The quantitative estimate of drug-likeness (QED) is 0.374. The lowest BCUT2D eigenvalue weighted by Gasteiger charge is -2.21. The summed E-state index contributed by atoms with van der Waals surface area (Å²) < 4.78 is 28.9. The second-order valence-corrected chi connectivity index (χ2v) is 7.05. The Morgan fingerprint density at radius 1 is 1.17 bits per heavy atom. The molecule has 1 aromatic heterocycles. The van der Waals surface area contributed by atoms with E-state index in [-0.39, 0.29) is 23.3 Å². The second kappa shape index (κ2) is 9.45. The third-order valence-corrected chi connectivity index (χ3v) is 5.02. The van der Waals surface area contributed by atoms with E-state index in [2.05, 4.69) is 4.98 Å². The predicted molar refractivity (Wildman–Crippen MR) is 112 cm³/mol. The third kappa shape index (κ3) is 4.99. The Morgan fingerprint density at radius 3 is 2.53 bits per heavy atom. The summed E-state index contributed by atoms with van der Waals surface area (Å²) in [5.74, 6) is -0.679. The minimum absolute atomic E-state index is 0.105. The number of aliphatic hydroxyl groups is 2. The van der Waals surface area contributed by atoms with E-state index in [4.69, 9.17) is 5.41 Å². The zero-order valence-electron chi connectivity index (χ0n) is 16.5. The lowest BCUT2D eigenvalue weighted by atomic mass is 9.86. The zero-order valence-corrected chi connectivity index (χ0v) is 16.5. The number of nitrogens with zero attached hydrogens (tertiary/aromatic N) is 2. The summed E-state index contributed by atoms with van der Waals surface area (Å²) >= 11 is 0. The first-order chi connectivity index (χ1) is 14.4. The molecule has 1 unspecified atom stereocenters. The second-order valence-electron chi connectivity index (χ2n) is 7.05. The molecule has 0 aliphatic rings. The first-order valence-electron chi connectivity index (χ1n) is 9.51. The Morgan fingerprint density at radius 2 is 1.87 bits per heavy atom. The van der Waals surface area contributed by atoms with Gasteiger partial charge in [0, 0.05) is 37.1 Å². The van der Waals surface area contributed by atoms with Crippen molar-refractivity contribution in [3.05, 3.63) is 94.8 Å². The van der Waals surface area contributed by atoms with Crippen LogP contribution in [0.2, 0.25) is 0 Å². The molecule has 0 fully saturated rings. The van der Waals surface area contributed by atoms with Crippen LogP contribution in [0.5, 0.6) is 0 Å². The SMILES string of the molecule is Cc1cc(F)ccc1[C@@H](CCn1ccnc1/C=C(\O)C(O)C=N)c1ccc(F)cc1. The van der Waals surface area contributed by atoms with Crippen LogP contribution < -0.4 is 0 Å². The van der Waals surface area contributed by atoms with Crippen molar-refractivity contribution in [2.45, 2.75) is 31.9 Å². The number of aryl methyl sites for hydroxylation is 2. The number of halogens is 2. The van der Waals surface area contributed by atoms with Gasteiger partial charge in [-0.2, -0.15) is 0 Å². The van der Waals surface area contributed by atoms with Crippen LogP contribution in [-0.4, -0.2) is 32.1 Å². The summed E-state index contributed by atoms with van der Waals surface area (Å²) in [5.41, 5.74) is 2.66. The fourth-order valence-electron chi connectivity index (χ4n) is 3.45. The Labute approximate surface area is 173 Å². The molecule has 3 N–H and O–H groups in total.